The minimum Gasteiger partial charge on any atom is -0.433 e. The van der Waals surface area contributed by atoms with Gasteiger partial charge in [-0.05, 0) is 32.0 Å². The molecule has 0 aliphatic carbocycles. The largest absolute Gasteiger partial charge is 0.433 e. The van der Waals surface area contributed by atoms with Crippen LogP contribution >= 0.6 is 11.6 Å². The van der Waals surface area contributed by atoms with Gasteiger partial charge in [-0.3, -0.25) is 14.4 Å². The zero-order valence-electron chi connectivity index (χ0n) is 15.8. The van der Waals surface area contributed by atoms with Crippen LogP contribution in [0.3, 0.4) is 0 Å². The van der Waals surface area contributed by atoms with Gasteiger partial charge in [-0.2, -0.15) is 0 Å². The SMILES string of the molecule is CC(C)(C)C(=O)C(C(=O)Nc1cc(N)ccc1Cl)N1C(=O)OC(C)(C)C1=O. The van der Waals surface area contributed by atoms with Gasteiger partial charge >= 0.3 is 6.09 Å². The molecule has 1 unspecified atom stereocenters. The molecule has 2 rings (SSSR count). The van der Waals surface area contributed by atoms with Crippen LogP contribution in [0.15, 0.2) is 18.2 Å². The van der Waals surface area contributed by atoms with Gasteiger partial charge in [-0.25, -0.2) is 9.69 Å². The van der Waals surface area contributed by atoms with Crippen molar-refractivity contribution in [2.75, 3.05) is 11.1 Å². The molecule has 0 radical (unpaired) electrons. The monoisotopic (exact) mass is 395 g/mol. The van der Waals surface area contributed by atoms with E-state index in [4.69, 9.17) is 22.1 Å². The second kappa shape index (κ2) is 6.84. The number of carbonyl (C=O) groups excluding carboxylic acids is 4. The highest BCUT2D eigenvalue weighted by Crippen LogP contribution is 2.31. The van der Waals surface area contributed by atoms with E-state index in [0.29, 0.717) is 10.6 Å². The Labute approximate surface area is 162 Å². The molecule has 1 aromatic rings. The summed E-state index contributed by atoms with van der Waals surface area (Å²) in [5, 5.41) is 2.67. The lowest BCUT2D eigenvalue weighted by molar-refractivity contribution is -0.145. The number of nitrogens with two attached hydrogens (primary N) is 1. The molecule has 27 heavy (non-hydrogen) atoms. The molecule has 0 aromatic heterocycles. The van der Waals surface area contributed by atoms with Crippen LogP contribution in [0.1, 0.15) is 34.6 Å². The highest BCUT2D eigenvalue weighted by atomic mass is 35.5. The molecule has 9 heteroatoms. The Morgan fingerprint density at radius 2 is 1.85 bits per heavy atom. The van der Waals surface area contributed by atoms with E-state index < -0.39 is 40.7 Å². The number of hydrogen-bond acceptors (Lipinski definition) is 6. The number of halogens is 1. The number of rotatable bonds is 4. The highest BCUT2D eigenvalue weighted by molar-refractivity contribution is 6.34. The topological polar surface area (TPSA) is 119 Å². The van der Waals surface area contributed by atoms with Gasteiger partial charge in [0.2, 0.25) is 0 Å². The molecule has 1 saturated heterocycles. The Hall–Kier alpha value is -2.61. The molecule has 3 N–H and O–H groups in total. The minimum absolute atomic E-state index is 0.160. The number of carbonyl (C=O) groups is 4. The van der Waals surface area contributed by atoms with Crippen LogP contribution in [-0.2, 0) is 19.1 Å². The van der Waals surface area contributed by atoms with E-state index in [0.717, 1.165) is 0 Å². The third kappa shape index (κ3) is 4.05. The van der Waals surface area contributed by atoms with Crippen molar-refractivity contribution in [1.82, 2.24) is 4.90 Å². The van der Waals surface area contributed by atoms with Crippen molar-refractivity contribution in [2.24, 2.45) is 5.41 Å². The summed E-state index contributed by atoms with van der Waals surface area (Å²) in [6.07, 6.45) is -1.05. The number of nitrogens with zero attached hydrogens (tertiary/aromatic N) is 1. The molecular weight excluding hydrogens is 374 g/mol. The van der Waals surface area contributed by atoms with E-state index in [1.807, 2.05) is 0 Å². The van der Waals surface area contributed by atoms with Crippen molar-refractivity contribution in [3.8, 4) is 0 Å². The Morgan fingerprint density at radius 3 is 2.33 bits per heavy atom. The summed E-state index contributed by atoms with van der Waals surface area (Å²) in [5.41, 5.74) is 3.72. The van der Waals surface area contributed by atoms with Crippen LogP contribution < -0.4 is 11.1 Å². The van der Waals surface area contributed by atoms with E-state index in [1.165, 1.54) is 26.0 Å². The quantitative estimate of drug-likeness (QED) is 0.597. The fraction of sp³-hybridized carbons (Fsp3) is 0.444. The number of anilines is 2. The third-order valence-electron chi connectivity index (χ3n) is 4.02. The normalized spacial score (nSPS) is 17.5. The van der Waals surface area contributed by atoms with Crippen LogP contribution in [0.4, 0.5) is 16.2 Å². The van der Waals surface area contributed by atoms with Crippen molar-refractivity contribution in [3.05, 3.63) is 23.2 Å². The fourth-order valence-corrected chi connectivity index (χ4v) is 2.68. The summed E-state index contributed by atoms with van der Waals surface area (Å²) in [6, 6.07) is 2.72. The van der Waals surface area contributed by atoms with Gasteiger partial charge in [-0.15, -0.1) is 0 Å². The number of ether oxygens (including phenoxy) is 1. The Kier molecular flexibility index (Phi) is 5.25. The lowest BCUT2D eigenvalue weighted by Crippen LogP contribution is -2.55. The number of hydrogen-bond donors (Lipinski definition) is 2. The second-order valence-corrected chi connectivity index (χ2v) is 8.21. The molecule has 146 valence electrons. The average molecular weight is 396 g/mol. The first kappa shape index (κ1) is 20.7. The third-order valence-corrected chi connectivity index (χ3v) is 4.34. The lowest BCUT2D eigenvalue weighted by Gasteiger charge is -2.28. The maximum atomic E-state index is 12.9. The maximum Gasteiger partial charge on any atom is 0.418 e. The predicted octanol–water partition coefficient (Wildman–Crippen LogP) is 2.60. The summed E-state index contributed by atoms with van der Waals surface area (Å²) in [5.74, 6) is -2.28. The first-order valence-electron chi connectivity index (χ1n) is 8.22. The van der Waals surface area contributed by atoms with E-state index >= 15 is 0 Å². The smallest absolute Gasteiger partial charge is 0.418 e. The van der Waals surface area contributed by atoms with Gasteiger partial charge in [0.1, 0.15) is 0 Å². The summed E-state index contributed by atoms with van der Waals surface area (Å²) in [6.45, 7) is 7.53. The van der Waals surface area contributed by atoms with Crippen molar-refractivity contribution in [3.63, 3.8) is 0 Å². The first-order valence-corrected chi connectivity index (χ1v) is 8.60. The molecule has 1 atom stereocenters. The number of benzene rings is 1. The number of nitrogens with one attached hydrogen (secondary N) is 1. The van der Waals surface area contributed by atoms with Crippen LogP contribution in [0.2, 0.25) is 5.02 Å². The Bertz CT molecular complexity index is 829. The number of cyclic esters (lactones) is 1. The van der Waals surface area contributed by atoms with Crippen LogP contribution in [-0.4, -0.2) is 40.2 Å². The molecule has 8 nitrogen and oxygen atoms in total. The van der Waals surface area contributed by atoms with Crippen molar-refractivity contribution in [1.29, 1.82) is 0 Å². The lowest BCUT2D eigenvalue weighted by atomic mass is 9.85. The number of imide groups is 1. The van der Waals surface area contributed by atoms with E-state index in [-0.39, 0.29) is 10.7 Å². The molecule has 1 fully saturated rings. The Morgan fingerprint density at radius 1 is 1.26 bits per heavy atom. The molecule has 1 heterocycles. The summed E-state index contributed by atoms with van der Waals surface area (Å²) < 4.78 is 5.02. The summed E-state index contributed by atoms with van der Waals surface area (Å²) >= 11 is 6.05. The van der Waals surface area contributed by atoms with Gasteiger partial charge in [0.05, 0.1) is 10.7 Å². The zero-order chi connectivity index (χ0) is 20.7. The van der Waals surface area contributed by atoms with Gasteiger partial charge in [-0.1, -0.05) is 32.4 Å². The maximum absolute atomic E-state index is 12.9. The van der Waals surface area contributed by atoms with Crippen molar-refractivity contribution < 1.29 is 23.9 Å². The van der Waals surface area contributed by atoms with Crippen molar-refractivity contribution in [2.45, 2.75) is 46.3 Å². The standard InChI is InChI=1S/C18H22ClN3O5/c1-17(2,3)13(23)12(22-15(25)18(4,5)27-16(22)26)14(24)21-11-8-9(20)6-7-10(11)19/h6-8,12H,20H2,1-5H3,(H,21,24). The van der Waals surface area contributed by atoms with Crippen LogP contribution in [0.5, 0.6) is 0 Å². The van der Waals surface area contributed by atoms with Gasteiger partial charge in [0, 0.05) is 11.1 Å². The van der Waals surface area contributed by atoms with Gasteiger partial charge < -0.3 is 15.8 Å². The zero-order valence-corrected chi connectivity index (χ0v) is 16.5. The number of nitrogen functional groups attached to an aromatic ring is 1. The molecule has 0 spiro atoms. The number of Topliss-reactive ketones (excluding diaryl/α,β-unsaturated/α-hetero) is 1. The predicted molar refractivity (Wildman–Crippen MR) is 100 cm³/mol. The minimum atomic E-state index is -1.70. The first-order chi connectivity index (χ1) is 12.3. The van der Waals surface area contributed by atoms with E-state index in [9.17, 15) is 19.2 Å². The van der Waals surface area contributed by atoms with Crippen LogP contribution in [0.25, 0.3) is 0 Å². The second-order valence-electron chi connectivity index (χ2n) is 7.80. The molecule has 3 amide bonds. The van der Waals surface area contributed by atoms with E-state index in [2.05, 4.69) is 5.32 Å². The molecule has 1 aliphatic heterocycles. The highest BCUT2D eigenvalue weighted by Gasteiger charge is 2.55. The molecule has 0 saturated carbocycles. The van der Waals surface area contributed by atoms with Crippen molar-refractivity contribution >= 4 is 46.7 Å². The molecular formula is C18H22ClN3O5. The summed E-state index contributed by atoms with van der Waals surface area (Å²) in [7, 11) is 0. The van der Waals surface area contributed by atoms with E-state index in [1.54, 1.807) is 26.8 Å². The molecule has 1 aromatic carbocycles. The van der Waals surface area contributed by atoms with Gasteiger partial charge in [0.15, 0.2) is 17.4 Å². The summed E-state index contributed by atoms with van der Waals surface area (Å²) in [4.78, 5) is 51.2. The molecule has 0 bridgehead atoms. The molecule has 1 aliphatic rings. The Balaban J connectivity index is 2.46. The number of amides is 3. The van der Waals surface area contributed by atoms with Gasteiger partial charge in [0.25, 0.3) is 11.8 Å². The van der Waals surface area contributed by atoms with Crippen LogP contribution in [0, 0.1) is 5.41 Å². The average Bonchev–Trinajstić information content (AvgIpc) is 2.72. The number of ketones is 1. The fourth-order valence-electron chi connectivity index (χ4n) is 2.51.